The van der Waals surface area contributed by atoms with Gasteiger partial charge in [0.2, 0.25) is 0 Å². The minimum Gasteiger partial charge on any atom is -0.493 e. The van der Waals surface area contributed by atoms with Crippen LogP contribution in [-0.4, -0.2) is 36.5 Å². The lowest BCUT2D eigenvalue weighted by Crippen LogP contribution is -2.22. The molecule has 0 bridgehead atoms. The molecule has 2 aromatic carbocycles. The van der Waals surface area contributed by atoms with Crippen LogP contribution >= 0.6 is 0 Å². The second-order valence-electron chi connectivity index (χ2n) is 5.73. The number of nitrogens with zero attached hydrogens (tertiary/aromatic N) is 1. The highest BCUT2D eigenvalue weighted by Gasteiger charge is 2.08. The smallest absolute Gasteiger partial charge is 0.341 e. The highest BCUT2D eigenvalue weighted by Crippen LogP contribution is 2.28. The van der Waals surface area contributed by atoms with E-state index < -0.39 is 12.6 Å². The van der Waals surface area contributed by atoms with E-state index in [1.165, 1.54) is 13.2 Å². The number of aliphatic carboxylic acids is 1. The highest BCUT2D eigenvalue weighted by molar-refractivity contribution is 6.06. The first kappa shape index (κ1) is 20.5. The van der Waals surface area contributed by atoms with Gasteiger partial charge < -0.3 is 26.0 Å². The van der Waals surface area contributed by atoms with Crippen LogP contribution in [0.3, 0.4) is 0 Å². The number of nitrogens with two attached hydrogens (primary N) is 2. The van der Waals surface area contributed by atoms with Crippen molar-refractivity contribution in [3.63, 3.8) is 0 Å². The van der Waals surface area contributed by atoms with Crippen molar-refractivity contribution in [2.45, 2.75) is 6.54 Å². The molecule has 28 heavy (non-hydrogen) atoms. The molecule has 0 saturated heterocycles. The van der Waals surface area contributed by atoms with E-state index in [0.717, 1.165) is 5.56 Å². The molecule has 0 unspecified atom stereocenters. The van der Waals surface area contributed by atoms with E-state index in [1.54, 1.807) is 42.5 Å². The molecule has 0 aliphatic heterocycles. The standard InChI is InChI=1S/C20H21N3O5/c1-27-18-10-13(6-8-17(18)28-12-19(25)26)5-7-16(24)15-4-2-3-14(9-15)11-23-20(21)22/h2-10H,11-12H2,1H3,(H,25,26)(H4,21,22,23). The molecule has 0 aromatic heterocycles. The summed E-state index contributed by atoms with van der Waals surface area (Å²) in [6.45, 7) is -0.178. The number of methoxy groups -OCH3 is 1. The van der Waals surface area contributed by atoms with Crippen molar-refractivity contribution in [2.75, 3.05) is 13.7 Å². The molecule has 0 aliphatic carbocycles. The maximum absolute atomic E-state index is 12.4. The Morgan fingerprint density at radius 1 is 1.14 bits per heavy atom. The zero-order valence-electron chi connectivity index (χ0n) is 15.3. The van der Waals surface area contributed by atoms with Crippen LogP contribution < -0.4 is 20.9 Å². The Labute approximate surface area is 162 Å². The van der Waals surface area contributed by atoms with Crippen molar-refractivity contribution in [3.05, 3.63) is 65.2 Å². The molecule has 0 saturated carbocycles. The molecular weight excluding hydrogens is 362 g/mol. The maximum atomic E-state index is 12.4. The molecule has 146 valence electrons. The topological polar surface area (TPSA) is 137 Å². The number of benzene rings is 2. The number of allylic oxidation sites excluding steroid dienone is 1. The average molecular weight is 383 g/mol. The van der Waals surface area contributed by atoms with Crippen LogP contribution in [0.5, 0.6) is 11.5 Å². The molecule has 0 aliphatic rings. The fourth-order valence-corrected chi connectivity index (χ4v) is 2.32. The normalized spacial score (nSPS) is 10.5. The van der Waals surface area contributed by atoms with E-state index in [2.05, 4.69) is 4.99 Å². The van der Waals surface area contributed by atoms with Crippen LogP contribution in [0.25, 0.3) is 6.08 Å². The molecule has 8 heteroatoms. The fourth-order valence-electron chi connectivity index (χ4n) is 2.32. The lowest BCUT2D eigenvalue weighted by Gasteiger charge is -2.09. The molecule has 0 radical (unpaired) electrons. The van der Waals surface area contributed by atoms with E-state index in [9.17, 15) is 9.59 Å². The van der Waals surface area contributed by atoms with Crippen LogP contribution in [0.15, 0.2) is 53.5 Å². The first-order valence-corrected chi connectivity index (χ1v) is 8.28. The Morgan fingerprint density at radius 3 is 2.61 bits per heavy atom. The Bertz CT molecular complexity index is 918. The van der Waals surface area contributed by atoms with Gasteiger partial charge in [0, 0.05) is 5.56 Å². The number of carbonyl (C=O) groups is 2. The summed E-state index contributed by atoms with van der Waals surface area (Å²) in [6, 6.07) is 11.9. The molecular formula is C20H21N3O5. The number of guanidine groups is 1. The third kappa shape index (κ3) is 6.17. The Kier molecular flexibility index (Phi) is 7.15. The lowest BCUT2D eigenvalue weighted by atomic mass is 10.1. The summed E-state index contributed by atoms with van der Waals surface area (Å²) < 4.78 is 10.4. The van der Waals surface area contributed by atoms with Crippen molar-refractivity contribution in [2.24, 2.45) is 16.5 Å². The summed E-state index contributed by atoms with van der Waals surface area (Å²) in [7, 11) is 1.45. The van der Waals surface area contributed by atoms with Gasteiger partial charge in [0.15, 0.2) is 29.8 Å². The van der Waals surface area contributed by atoms with Gasteiger partial charge in [0.1, 0.15) is 0 Å². The zero-order chi connectivity index (χ0) is 20.5. The number of hydrogen-bond acceptors (Lipinski definition) is 5. The lowest BCUT2D eigenvalue weighted by molar-refractivity contribution is -0.139. The van der Waals surface area contributed by atoms with Crippen molar-refractivity contribution < 1.29 is 24.2 Å². The largest absolute Gasteiger partial charge is 0.493 e. The molecule has 0 atom stereocenters. The Morgan fingerprint density at radius 2 is 1.93 bits per heavy atom. The van der Waals surface area contributed by atoms with Gasteiger partial charge in [-0.05, 0) is 35.4 Å². The van der Waals surface area contributed by atoms with E-state index in [0.29, 0.717) is 29.2 Å². The summed E-state index contributed by atoms with van der Waals surface area (Å²) in [6.07, 6.45) is 3.07. The molecule has 8 nitrogen and oxygen atoms in total. The number of rotatable bonds is 9. The van der Waals surface area contributed by atoms with Crippen LogP contribution in [0.4, 0.5) is 0 Å². The van der Waals surface area contributed by atoms with Gasteiger partial charge >= 0.3 is 5.97 Å². The van der Waals surface area contributed by atoms with E-state index in [1.807, 2.05) is 6.07 Å². The highest BCUT2D eigenvalue weighted by atomic mass is 16.5. The molecule has 0 heterocycles. The van der Waals surface area contributed by atoms with Gasteiger partial charge in [-0.15, -0.1) is 0 Å². The summed E-state index contributed by atoms with van der Waals surface area (Å²) in [4.78, 5) is 27.0. The summed E-state index contributed by atoms with van der Waals surface area (Å²) in [5, 5.41) is 8.69. The maximum Gasteiger partial charge on any atom is 0.341 e. The quantitative estimate of drug-likeness (QED) is 0.260. The third-order valence-corrected chi connectivity index (χ3v) is 3.62. The first-order valence-electron chi connectivity index (χ1n) is 8.28. The summed E-state index contributed by atoms with van der Waals surface area (Å²) >= 11 is 0. The number of hydrogen-bond donors (Lipinski definition) is 3. The average Bonchev–Trinajstić information content (AvgIpc) is 2.69. The molecule has 2 rings (SSSR count). The Hall–Kier alpha value is -3.81. The molecule has 0 spiro atoms. The summed E-state index contributed by atoms with van der Waals surface area (Å²) in [5.74, 6) is -0.604. The van der Waals surface area contributed by atoms with Crippen molar-refractivity contribution in [1.29, 1.82) is 0 Å². The van der Waals surface area contributed by atoms with Crippen LogP contribution in [-0.2, 0) is 11.3 Å². The first-order chi connectivity index (χ1) is 13.4. The van der Waals surface area contributed by atoms with E-state index in [4.69, 9.17) is 26.0 Å². The number of aliphatic imine (C=N–C) groups is 1. The zero-order valence-corrected chi connectivity index (χ0v) is 15.3. The predicted molar refractivity (Wildman–Crippen MR) is 105 cm³/mol. The molecule has 5 N–H and O–H groups in total. The minimum atomic E-state index is -1.08. The molecule has 0 amide bonds. The van der Waals surface area contributed by atoms with Gasteiger partial charge in [-0.25, -0.2) is 9.79 Å². The second-order valence-corrected chi connectivity index (χ2v) is 5.73. The van der Waals surface area contributed by atoms with Crippen molar-refractivity contribution in [1.82, 2.24) is 0 Å². The number of carboxylic acids is 1. The van der Waals surface area contributed by atoms with Crippen LogP contribution in [0.2, 0.25) is 0 Å². The summed E-state index contributed by atoms with van der Waals surface area (Å²) in [5.41, 5.74) is 12.7. The monoisotopic (exact) mass is 383 g/mol. The van der Waals surface area contributed by atoms with Crippen molar-refractivity contribution >= 4 is 23.8 Å². The van der Waals surface area contributed by atoms with E-state index in [-0.39, 0.29) is 11.7 Å². The second kappa shape index (κ2) is 9.77. The fraction of sp³-hybridized carbons (Fsp3) is 0.150. The number of carboxylic acid groups (broad SMARTS) is 1. The third-order valence-electron chi connectivity index (χ3n) is 3.62. The van der Waals surface area contributed by atoms with Crippen molar-refractivity contribution in [3.8, 4) is 11.5 Å². The van der Waals surface area contributed by atoms with Gasteiger partial charge in [-0.3, -0.25) is 4.79 Å². The van der Waals surface area contributed by atoms with Gasteiger partial charge in [0.05, 0.1) is 13.7 Å². The molecule has 0 fully saturated rings. The SMILES string of the molecule is COc1cc(C=CC(=O)c2cccc(CN=C(N)N)c2)ccc1OCC(=O)O. The minimum absolute atomic E-state index is 0.0126. The number of ketones is 1. The van der Waals surface area contributed by atoms with Gasteiger partial charge in [-0.1, -0.05) is 30.3 Å². The number of carbonyl (C=O) groups excluding carboxylic acids is 1. The van der Waals surface area contributed by atoms with Crippen LogP contribution in [0, 0.1) is 0 Å². The van der Waals surface area contributed by atoms with Crippen LogP contribution in [0.1, 0.15) is 21.5 Å². The molecule has 2 aromatic rings. The number of ether oxygens (including phenoxy) is 2. The van der Waals surface area contributed by atoms with E-state index >= 15 is 0 Å². The predicted octanol–water partition coefficient (Wildman–Crippen LogP) is 1.83. The van der Waals surface area contributed by atoms with Gasteiger partial charge in [0.25, 0.3) is 0 Å². The Balaban J connectivity index is 2.12. The van der Waals surface area contributed by atoms with Gasteiger partial charge in [-0.2, -0.15) is 0 Å².